The molecule has 4 N–H and O–H groups in total. The van der Waals surface area contributed by atoms with E-state index in [1.807, 2.05) is 0 Å². The molecule has 0 fully saturated rings. The van der Waals surface area contributed by atoms with E-state index < -0.39 is 9.15 Å². The Morgan fingerprint density at radius 2 is 1.15 bits per heavy atom. The summed E-state index contributed by atoms with van der Waals surface area (Å²) in [5, 5.41) is 23.8. The molecule has 0 spiro atoms. The smallest absolute Gasteiger partial charge is 0.322 e. The van der Waals surface area contributed by atoms with Gasteiger partial charge in [0.25, 0.3) is 0 Å². The third-order valence-corrected chi connectivity index (χ3v) is 6.81. The van der Waals surface area contributed by atoms with Crippen LogP contribution in [-0.4, -0.2) is 70.4 Å². The molecule has 27 heavy (non-hydrogen) atoms. The molecule has 0 aliphatic carbocycles. The first-order valence-corrected chi connectivity index (χ1v) is 13.2. The van der Waals surface area contributed by atoms with Crippen molar-refractivity contribution in [2.45, 2.75) is 64.2 Å². The topological polar surface area (TPSA) is 108 Å². The molecule has 0 rings (SSSR count). The molecular weight excluding hydrogens is 388 g/mol. The van der Waals surface area contributed by atoms with Gasteiger partial charge in [0, 0.05) is 32.1 Å². The highest BCUT2D eigenvalue weighted by atomic mass is 33.1. The highest BCUT2D eigenvalue weighted by molar-refractivity contribution is 8.70. The number of rotatable bonds is 22. The van der Waals surface area contributed by atoms with Gasteiger partial charge in [-0.05, 0) is 49.6 Å². The Balaban J connectivity index is 3.34. The minimum atomic E-state index is -3.51. The molecule has 0 saturated heterocycles. The fraction of sp³-hybridized carbons (Fsp3) is 1.00. The van der Waals surface area contributed by atoms with Crippen molar-refractivity contribution in [1.82, 2.24) is 10.6 Å². The SMILES string of the molecule is O=S(=O)(OCCNCCCCCCCO)SCCNCCCCCCCO. The molecule has 9 heteroatoms. The van der Waals surface area contributed by atoms with Crippen LogP contribution in [0.1, 0.15) is 64.2 Å². The zero-order valence-electron chi connectivity index (χ0n) is 16.7. The van der Waals surface area contributed by atoms with Crippen molar-refractivity contribution in [3.05, 3.63) is 0 Å². The van der Waals surface area contributed by atoms with Crippen LogP contribution in [0.2, 0.25) is 0 Å². The van der Waals surface area contributed by atoms with Crippen LogP contribution in [0.25, 0.3) is 0 Å². The van der Waals surface area contributed by atoms with Gasteiger partial charge in [0.15, 0.2) is 0 Å². The van der Waals surface area contributed by atoms with Crippen LogP contribution < -0.4 is 10.6 Å². The molecule has 0 aromatic carbocycles. The molecule has 0 heterocycles. The van der Waals surface area contributed by atoms with Crippen molar-refractivity contribution in [1.29, 1.82) is 0 Å². The van der Waals surface area contributed by atoms with Crippen molar-refractivity contribution < 1.29 is 22.8 Å². The van der Waals surface area contributed by atoms with Crippen molar-refractivity contribution in [2.24, 2.45) is 0 Å². The van der Waals surface area contributed by atoms with Gasteiger partial charge in [-0.3, -0.25) is 4.18 Å². The molecule has 0 saturated carbocycles. The maximum atomic E-state index is 11.7. The predicted octanol–water partition coefficient (Wildman–Crippen LogP) is 2.05. The van der Waals surface area contributed by atoms with Gasteiger partial charge in [0.2, 0.25) is 0 Å². The Labute approximate surface area is 169 Å². The van der Waals surface area contributed by atoms with Crippen LogP contribution in [-0.2, 0) is 13.3 Å². The molecule has 0 aliphatic heterocycles. The largest absolute Gasteiger partial charge is 0.396 e. The van der Waals surface area contributed by atoms with Crippen LogP contribution in [0.15, 0.2) is 0 Å². The van der Waals surface area contributed by atoms with E-state index in [9.17, 15) is 8.42 Å². The quantitative estimate of drug-likeness (QED) is 0.153. The van der Waals surface area contributed by atoms with Gasteiger partial charge >= 0.3 is 9.15 Å². The molecule has 164 valence electrons. The third-order valence-electron chi connectivity index (χ3n) is 4.04. The second-order valence-electron chi connectivity index (χ2n) is 6.53. The fourth-order valence-corrected chi connectivity index (χ4v) is 4.56. The second kappa shape index (κ2) is 20.8. The molecule has 0 unspecified atom stereocenters. The molecule has 0 radical (unpaired) electrons. The Morgan fingerprint density at radius 1 is 0.667 bits per heavy atom. The van der Waals surface area contributed by atoms with Crippen LogP contribution in [0.3, 0.4) is 0 Å². The Bertz CT molecular complexity index is 367. The number of aliphatic hydroxyl groups excluding tert-OH is 2. The van der Waals surface area contributed by atoms with Crippen LogP contribution in [0.4, 0.5) is 0 Å². The number of aliphatic hydroxyl groups is 2. The van der Waals surface area contributed by atoms with Crippen molar-refractivity contribution >= 4 is 19.9 Å². The van der Waals surface area contributed by atoms with Crippen molar-refractivity contribution in [3.8, 4) is 0 Å². The van der Waals surface area contributed by atoms with Gasteiger partial charge in [-0.15, -0.1) is 0 Å². The lowest BCUT2D eigenvalue weighted by Crippen LogP contribution is -2.22. The van der Waals surface area contributed by atoms with Gasteiger partial charge in [-0.2, -0.15) is 8.42 Å². The van der Waals surface area contributed by atoms with E-state index in [0.717, 1.165) is 88.1 Å². The summed E-state index contributed by atoms with van der Waals surface area (Å²) in [7, 11) is -2.66. The lowest BCUT2D eigenvalue weighted by Gasteiger charge is -2.07. The van der Waals surface area contributed by atoms with Crippen LogP contribution in [0, 0.1) is 0 Å². The number of hydrogen-bond acceptors (Lipinski definition) is 8. The summed E-state index contributed by atoms with van der Waals surface area (Å²) < 4.78 is 28.5. The summed E-state index contributed by atoms with van der Waals surface area (Å²) in [5.41, 5.74) is 0. The minimum absolute atomic E-state index is 0.168. The van der Waals surface area contributed by atoms with Gasteiger partial charge in [0.1, 0.15) is 0 Å². The summed E-state index contributed by atoms with van der Waals surface area (Å²) in [6, 6.07) is 0. The Morgan fingerprint density at radius 3 is 1.70 bits per heavy atom. The zero-order chi connectivity index (χ0) is 20.1. The second-order valence-corrected chi connectivity index (χ2v) is 10.2. The highest BCUT2D eigenvalue weighted by Gasteiger charge is 2.11. The zero-order valence-corrected chi connectivity index (χ0v) is 18.3. The molecule has 0 aromatic heterocycles. The lowest BCUT2D eigenvalue weighted by atomic mass is 10.1. The molecule has 0 amide bonds. The van der Waals surface area contributed by atoms with E-state index in [4.69, 9.17) is 14.4 Å². The maximum Gasteiger partial charge on any atom is 0.322 e. The Hall–Kier alpha value is 0.1000. The first kappa shape index (κ1) is 27.1. The molecule has 0 atom stereocenters. The van der Waals surface area contributed by atoms with Crippen molar-refractivity contribution in [2.75, 3.05) is 51.8 Å². The summed E-state index contributed by atoms with van der Waals surface area (Å²) in [4.78, 5) is 0. The van der Waals surface area contributed by atoms with Gasteiger partial charge in [0.05, 0.1) is 6.61 Å². The van der Waals surface area contributed by atoms with E-state index in [0.29, 0.717) is 18.8 Å². The first-order valence-electron chi connectivity index (χ1n) is 10.3. The fourth-order valence-electron chi connectivity index (χ4n) is 2.50. The van der Waals surface area contributed by atoms with E-state index in [1.54, 1.807) is 0 Å². The minimum Gasteiger partial charge on any atom is -0.396 e. The first-order chi connectivity index (χ1) is 13.1. The molecule has 7 nitrogen and oxygen atoms in total. The van der Waals surface area contributed by atoms with E-state index in [1.165, 1.54) is 0 Å². The maximum absolute atomic E-state index is 11.7. The van der Waals surface area contributed by atoms with Crippen LogP contribution >= 0.6 is 10.8 Å². The molecule has 0 aromatic rings. The monoisotopic (exact) mass is 428 g/mol. The lowest BCUT2D eigenvalue weighted by molar-refractivity contribution is 0.282. The van der Waals surface area contributed by atoms with Gasteiger partial charge in [-0.1, -0.05) is 38.5 Å². The normalized spacial score (nSPS) is 11.9. The standard InChI is InChI=1S/C18H40N2O5S2/c21-15-9-5-1-3-7-11-19-13-17-25-27(23,24)26-18-14-20-12-8-4-2-6-10-16-22/h19-22H,1-18H2. The molecular formula is C18H40N2O5S2. The number of hydrogen-bond donors (Lipinski definition) is 4. The molecule has 0 bridgehead atoms. The van der Waals surface area contributed by atoms with E-state index >= 15 is 0 Å². The average Bonchev–Trinajstić information content (AvgIpc) is 2.64. The number of nitrogens with one attached hydrogen (secondary N) is 2. The molecule has 0 aliphatic rings. The van der Waals surface area contributed by atoms with Crippen LogP contribution in [0.5, 0.6) is 0 Å². The third kappa shape index (κ3) is 22.3. The summed E-state index contributed by atoms with van der Waals surface area (Å²) >= 11 is 0. The van der Waals surface area contributed by atoms with Gasteiger partial charge < -0.3 is 20.8 Å². The van der Waals surface area contributed by atoms with Gasteiger partial charge in [-0.25, -0.2) is 0 Å². The number of unbranched alkanes of at least 4 members (excludes halogenated alkanes) is 8. The Kier molecular flexibility index (Phi) is 20.9. The summed E-state index contributed by atoms with van der Waals surface area (Å²) in [5.74, 6) is 0.480. The highest BCUT2D eigenvalue weighted by Crippen LogP contribution is 2.13. The van der Waals surface area contributed by atoms with E-state index in [-0.39, 0.29) is 19.8 Å². The summed E-state index contributed by atoms with van der Waals surface area (Å²) in [6.07, 6.45) is 10.5. The summed E-state index contributed by atoms with van der Waals surface area (Å²) in [6.45, 7) is 3.65. The van der Waals surface area contributed by atoms with Crippen molar-refractivity contribution in [3.63, 3.8) is 0 Å². The average molecular weight is 429 g/mol. The predicted molar refractivity (Wildman–Crippen MR) is 113 cm³/mol. The van der Waals surface area contributed by atoms with E-state index in [2.05, 4.69) is 10.6 Å².